The van der Waals surface area contributed by atoms with E-state index in [4.69, 9.17) is 0 Å². The molecule has 0 atom stereocenters. The molecule has 0 saturated heterocycles. The molecule has 0 radical (unpaired) electrons. The molecule has 6 heteroatoms. The van der Waals surface area contributed by atoms with E-state index in [-0.39, 0.29) is 5.91 Å². The van der Waals surface area contributed by atoms with Gasteiger partial charge in [0.15, 0.2) is 0 Å². The fraction of sp³-hybridized carbons (Fsp3) is 0.235. The Kier molecular flexibility index (Phi) is 3.97. The molecule has 2 heterocycles. The van der Waals surface area contributed by atoms with Gasteiger partial charge in [-0.05, 0) is 25.0 Å². The van der Waals surface area contributed by atoms with Crippen molar-refractivity contribution in [2.24, 2.45) is 7.05 Å². The molecule has 3 aromatic rings. The third-order valence-electron chi connectivity index (χ3n) is 3.96. The number of rotatable bonds is 4. The first-order valence-electron chi connectivity index (χ1n) is 7.41. The van der Waals surface area contributed by atoms with Gasteiger partial charge in [0.05, 0.1) is 30.2 Å². The van der Waals surface area contributed by atoms with Crippen LogP contribution in [0.2, 0.25) is 0 Å². The number of carbonyl (C=O) groups is 1. The van der Waals surface area contributed by atoms with Crippen LogP contribution in [0.1, 0.15) is 27.2 Å². The van der Waals surface area contributed by atoms with Crippen LogP contribution in [0.25, 0.3) is 0 Å². The third kappa shape index (κ3) is 3.15. The molecular formula is C17H19N5O. The molecule has 3 rings (SSSR count). The van der Waals surface area contributed by atoms with E-state index in [1.807, 2.05) is 37.0 Å². The highest BCUT2D eigenvalue weighted by molar-refractivity contribution is 6.04. The topological polar surface area (TPSA) is 64.7 Å². The minimum absolute atomic E-state index is 0.175. The molecule has 0 spiro atoms. The minimum Gasteiger partial charge on any atom is -0.319 e. The monoisotopic (exact) mass is 309 g/mol. The van der Waals surface area contributed by atoms with Crippen molar-refractivity contribution in [3.63, 3.8) is 0 Å². The number of aromatic nitrogens is 4. The largest absolute Gasteiger partial charge is 0.319 e. The highest BCUT2D eigenvalue weighted by atomic mass is 16.1. The lowest BCUT2D eigenvalue weighted by Crippen LogP contribution is -2.12. The van der Waals surface area contributed by atoms with Crippen molar-refractivity contribution in [2.45, 2.75) is 20.4 Å². The molecule has 1 N–H and O–H groups in total. The van der Waals surface area contributed by atoms with Crippen LogP contribution in [0.15, 0.2) is 42.9 Å². The average Bonchev–Trinajstić information content (AvgIpc) is 3.09. The number of hydrogen-bond acceptors (Lipinski definition) is 3. The molecule has 0 saturated carbocycles. The van der Waals surface area contributed by atoms with Crippen molar-refractivity contribution in [3.8, 4) is 0 Å². The van der Waals surface area contributed by atoms with Gasteiger partial charge in [-0.1, -0.05) is 24.3 Å². The summed E-state index contributed by atoms with van der Waals surface area (Å²) in [5.41, 5.74) is 4.50. The van der Waals surface area contributed by atoms with Crippen molar-refractivity contribution in [2.75, 3.05) is 5.32 Å². The van der Waals surface area contributed by atoms with Crippen LogP contribution in [-0.4, -0.2) is 25.5 Å². The number of amides is 1. The van der Waals surface area contributed by atoms with E-state index in [1.165, 1.54) is 11.1 Å². The van der Waals surface area contributed by atoms with E-state index in [2.05, 4.69) is 34.6 Å². The van der Waals surface area contributed by atoms with Crippen molar-refractivity contribution >= 4 is 11.6 Å². The lowest BCUT2D eigenvalue weighted by atomic mass is 10.1. The molecule has 0 aliphatic heterocycles. The third-order valence-corrected chi connectivity index (χ3v) is 3.96. The Morgan fingerprint density at radius 1 is 1.17 bits per heavy atom. The van der Waals surface area contributed by atoms with Gasteiger partial charge in [0.1, 0.15) is 0 Å². The molecule has 6 nitrogen and oxygen atoms in total. The summed E-state index contributed by atoms with van der Waals surface area (Å²) in [5.74, 6) is -0.175. The van der Waals surface area contributed by atoms with Gasteiger partial charge in [-0.3, -0.25) is 14.2 Å². The quantitative estimate of drug-likeness (QED) is 0.805. The summed E-state index contributed by atoms with van der Waals surface area (Å²) in [5, 5.41) is 11.3. The number of hydrogen-bond donors (Lipinski definition) is 1. The smallest absolute Gasteiger partial charge is 0.259 e. The standard InChI is InChI=1S/C17H19N5O/c1-12-6-4-5-7-14(12)10-22-11-15(8-19-22)20-17(23)16-9-18-21(3)13(16)2/h4-9,11H,10H2,1-3H3,(H,20,23). The Morgan fingerprint density at radius 2 is 1.96 bits per heavy atom. The SMILES string of the molecule is Cc1ccccc1Cn1cc(NC(=O)c2cnn(C)c2C)cn1. The molecule has 1 amide bonds. The summed E-state index contributed by atoms with van der Waals surface area (Å²) >= 11 is 0. The van der Waals surface area contributed by atoms with Crippen LogP contribution in [0.5, 0.6) is 0 Å². The summed E-state index contributed by atoms with van der Waals surface area (Å²) in [4.78, 5) is 12.3. The zero-order chi connectivity index (χ0) is 16.4. The predicted octanol–water partition coefficient (Wildman–Crippen LogP) is 2.53. The second-order valence-electron chi connectivity index (χ2n) is 5.57. The average molecular weight is 309 g/mol. The first-order valence-corrected chi connectivity index (χ1v) is 7.41. The van der Waals surface area contributed by atoms with E-state index in [0.29, 0.717) is 17.8 Å². The molecule has 118 valence electrons. The molecular weight excluding hydrogens is 290 g/mol. The fourth-order valence-corrected chi connectivity index (χ4v) is 2.40. The first kappa shape index (κ1) is 15.0. The van der Waals surface area contributed by atoms with Crippen LogP contribution < -0.4 is 5.32 Å². The van der Waals surface area contributed by atoms with Crippen LogP contribution in [-0.2, 0) is 13.6 Å². The molecule has 0 fully saturated rings. The number of anilines is 1. The molecule has 1 aromatic carbocycles. The van der Waals surface area contributed by atoms with Crippen LogP contribution in [0, 0.1) is 13.8 Å². The fourth-order valence-electron chi connectivity index (χ4n) is 2.40. The van der Waals surface area contributed by atoms with Crippen LogP contribution in [0.4, 0.5) is 5.69 Å². The molecule has 0 aliphatic rings. The van der Waals surface area contributed by atoms with Gasteiger partial charge >= 0.3 is 0 Å². The van der Waals surface area contributed by atoms with Crippen LogP contribution in [0.3, 0.4) is 0 Å². The molecule has 0 aliphatic carbocycles. The highest BCUT2D eigenvalue weighted by Crippen LogP contribution is 2.13. The lowest BCUT2D eigenvalue weighted by Gasteiger charge is -2.05. The second kappa shape index (κ2) is 6.08. The zero-order valence-corrected chi connectivity index (χ0v) is 13.4. The van der Waals surface area contributed by atoms with Crippen molar-refractivity contribution < 1.29 is 4.79 Å². The first-order chi connectivity index (χ1) is 11.0. The Morgan fingerprint density at radius 3 is 2.65 bits per heavy atom. The van der Waals surface area contributed by atoms with Gasteiger partial charge in [0.2, 0.25) is 0 Å². The lowest BCUT2D eigenvalue weighted by molar-refractivity contribution is 0.102. The summed E-state index contributed by atoms with van der Waals surface area (Å²) in [6, 6.07) is 8.18. The van der Waals surface area contributed by atoms with Gasteiger partial charge in [-0.15, -0.1) is 0 Å². The second-order valence-corrected chi connectivity index (χ2v) is 5.57. The predicted molar refractivity (Wildman–Crippen MR) is 88.4 cm³/mol. The van der Waals surface area contributed by atoms with Crippen molar-refractivity contribution in [3.05, 3.63) is 65.2 Å². The van der Waals surface area contributed by atoms with Crippen molar-refractivity contribution in [1.29, 1.82) is 0 Å². The Labute approximate surface area is 134 Å². The molecule has 23 heavy (non-hydrogen) atoms. The number of nitrogens with one attached hydrogen (secondary N) is 1. The number of carbonyl (C=O) groups excluding carboxylic acids is 1. The zero-order valence-electron chi connectivity index (χ0n) is 13.4. The van der Waals surface area contributed by atoms with E-state index in [9.17, 15) is 4.79 Å². The summed E-state index contributed by atoms with van der Waals surface area (Å²) < 4.78 is 3.49. The maximum absolute atomic E-state index is 12.3. The van der Waals surface area contributed by atoms with Crippen LogP contribution >= 0.6 is 0 Å². The van der Waals surface area contributed by atoms with E-state index in [0.717, 1.165) is 5.69 Å². The summed E-state index contributed by atoms with van der Waals surface area (Å²) in [6.45, 7) is 4.62. The van der Waals surface area contributed by atoms with Crippen molar-refractivity contribution in [1.82, 2.24) is 19.6 Å². The molecule has 0 bridgehead atoms. The summed E-state index contributed by atoms with van der Waals surface area (Å²) in [7, 11) is 1.81. The maximum Gasteiger partial charge on any atom is 0.259 e. The van der Waals surface area contributed by atoms with E-state index in [1.54, 1.807) is 17.1 Å². The van der Waals surface area contributed by atoms with Gasteiger partial charge < -0.3 is 5.32 Å². The van der Waals surface area contributed by atoms with Gasteiger partial charge in [0, 0.05) is 18.9 Å². The van der Waals surface area contributed by atoms with Gasteiger partial charge in [-0.25, -0.2) is 0 Å². The Bertz CT molecular complexity index is 846. The normalized spacial score (nSPS) is 10.7. The number of nitrogens with zero attached hydrogens (tertiary/aromatic N) is 4. The van der Waals surface area contributed by atoms with E-state index >= 15 is 0 Å². The highest BCUT2D eigenvalue weighted by Gasteiger charge is 2.13. The summed E-state index contributed by atoms with van der Waals surface area (Å²) in [6.07, 6.45) is 5.06. The Hall–Kier alpha value is -2.89. The maximum atomic E-state index is 12.3. The van der Waals surface area contributed by atoms with E-state index < -0.39 is 0 Å². The Balaban J connectivity index is 1.71. The molecule has 2 aromatic heterocycles. The number of aryl methyl sites for hydroxylation is 2. The minimum atomic E-state index is -0.175. The molecule has 0 unspecified atom stereocenters. The van der Waals surface area contributed by atoms with Gasteiger partial charge in [0.25, 0.3) is 5.91 Å². The van der Waals surface area contributed by atoms with Gasteiger partial charge in [-0.2, -0.15) is 10.2 Å². The number of benzene rings is 1.